The van der Waals surface area contributed by atoms with Crippen LogP contribution in [-0.2, 0) is 4.79 Å². The zero-order valence-electron chi connectivity index (χ0n) is 16.8. The highest BCUT2D eigenvalue weighted by atomic mass is 16.6. The summed E-state index contributed by atoms with van der Waals surface area (Å²) in [6.45, 7) is 6.38. The number of carbonyl (C=O) groups is 1. The Bertz CT molecular complexity index is 803. The number of anilines is 1. The van der Waals surface area contributed by atoms with E-state index in [-0.39, 0.29) is 16.5 Å². The lowest BCUT2D eigenvalue weighted by Crippen LogP contribution is -2.49. The predicted molar refractivity (Wildman–Crippen MR) is 114 cm³/mol. The normalized spacial score (nSPS) is 15.7. The fourth-order valence-electron chi connectivity index (χ4n) is 3.67. The molecule has 29 heavy (non-hydrogen) atoms. The second-order valence-corrected chi connectivity index (χ2v) is 7.36. The van der Waals surface area contributed by atoms with E-state index in [0.29, 0.717) is 19.0 Å². The average Bonchev–Trinajstić information content (AvgIpc) is 2.75. The van der Waals surface area contributed by atoms with Crippen LogP contribution in [-0.4, -0.2) is 55.0 Å². The number of hydrogen-bond donors (Lipinski definition) is 1. The highest BCUT2D eigenvalue weighted by Gasteiger charge is 2.20. The molecule has 1 fully saturated rings. The van der Waals surface area contributed by atoms with Crippen molar-refractivity contribution in [1.82, 2.24) is 10.2 Å². The lowest BCUT2D eigenvalue weighted by Gasteiger charge is -2.35. The molecule has 0 saturated carbocycles. The second kappa shape index (κ2) is 10.0. The maximum Gasteiger partial charge on any atom is 0.269 e. The van der Waals surface area contributed by atoms with Crippen molar-refractivity contribution in [2.75, 3.05) is 44.2 Å². The van der Waals surface area contributed by atoms with Gasteiger partial charge in [0.05, 0.1) is 11.5 Å². The van der Waals surface area contributed by atoms with Crippen molar-refractivity contribution in [1.29, 1.82) is 0 Å². The number of carbonyl (C=O) groups excluding carboxylic acids is 1. The Morgan fingerprint density at radius 1 is 1.07 bits per heavy atom. The summed E-state index contributed by atoms with van der Waals surface area (Å²) in [6, 6.07) is 16.9. The molecule has 0 aromatic heterocycles. The summed E-state index contributed by atoms with van der Waals surface area (Å²) in [4.78, 5) is 27.1. The van der Waals surface area contributed by atoms with Gasteiger partial charge in [-0.15, -0.1) is 0 Å². The molecule has 1 aliphatic heterocycles. The highest BCUT2D eigenvalue weighted by Crippen LogP contribution is 2.21. The molecule has 1 amide bonds. The molecule has 2 aromatic rings. The van der Waals surface area contributed by atoms with E-state index < -0.39 is 0 Å². The molecule has 0 radical (unpaired) electrons. The van der Waals surface area contributed by atoms with Gasteiger partial charge >= 0.3 is 0 Å². The molecule has 1 aliphatic rings. The molecule has 1 saturated heterocycles. The fraction of sp³-hybridized carbons (Fsp3) is 0.409. The quantitative estimate of drug-likeness (QED) is 0.548. The first kappa shape index (κ1) is 20.8. The van der Waals surface area contributed by atoms with E-state index in [0.717, 1.165) is 38.3 Å². The first-order chi connectivity index (χ1) is 14.1. The summed E-state index contributed by atoms with van der Waals surface area (Å²) in [5.74, 6) is 0.391. The van der Waals surface area contributed by atoms with Crippen molar-refractivity contribution in [2.24, 2.45) is 0 Å². The van der Waals surface area contributed by atoms with Gasteiger partial charge in [-0.2, -0.15) is 0 Å². The maximum atomic E-state index is 12.4. The predicted octanol–water partition coefficient (Wildman–Crippen LogP) is 3.03. The van der Waals surface area contributed by atoms with Gasteiger partial charge in [0.1, 0.15) is 0 Å². The van der Waals surface area contributed by atoms with Gasteiger partial charge in [0.25, 0.3) is 5.69 Å². The SMILES string of the molecule is CC[C@@H](CNC(=O)CN1CCN(c2ccc([N+](=O)[O-])cc2)CC1)c1ccccc1. The standard InChI is InChI=1S/C22H28N4O3/c1-2-18(19-6-4-3-5-7-19)16-23-22(27)17-24-12-14-25(15-13-24)20-8-10-21(11-9-20)26(28)29/h3-11,18H,2,12-17H2,1H3,(H,23,27)/t18-/m0/s1. The topological polar surface area (TPSA) is 78.7 Å². The monoisotopic (exact) mass is 396 g/mol. The van der Waals surface area contributed by atoms with Gasteiger partial charge in [-0.3, -0.25) is 19.8 Å². The average molecular weight is 396 g/mol. The molecule has 7 heteroatoms. The molecular weight excluding hydrogens is 368 g/mol. The summed E-state index contributed by atoms with van der Waals surface area (Å²) in [7, 11) is 0. The number of nitrogens with one attached hydrogen (secondary N) is 1. The number of nitro groups is 1. The van der Waals surface area contributed by atoms with Crippen molar-refractivity contribution in [2.45, 2.75) is 19.3 Å². The lowest BCUT2D eigenvalue weighted by atomic mass is 9.96. The Hall–Kier alpha value is -2.93. The minimum absolute atomic E-state index is 0.0585. The van der Waals surface area contributed by atoms with E-state index in [4.69, 9.17) is 0 Å². The third-order valence-electron chi connectivity index (χ3n) is 5.47. The van der Waals surface area contributed by atoms with Gasteiger partial charge in [-0.25, -0.2) is 0 Å². The minimum Gasteiger partial charge on any atom is -0.369 e. The Morgan fingerprint density at radius 2 is 1.72 bits per heavy atom. The van der Waals surface area contributed by atoms with Crippen LogP contribution >= 0.6 is 0 Å². The van der Waals surface area contributed by atoms with E-state index in [9.17, 15) is 14.9 Å². The van der Waals surface area contributed by atoms with Crippen LogP contribution in [0, 0.1) is 10.1 Å². The number of non-ortho nitro benzene ring substituents is 1. The molecule has 1 heterocycles. The van der Waals surface area contributed by atoms with Crippen LogP contribution in [0.15, 0.2) is 54.6 Å². The smallest absolute Gasteiger partial charge is 0.269 e. The van der Waals surface area contributed by atoms with Crippen LogP contribution in [0.25, 0.3) is 0 Å². The Kier molecular flexibility index (Phi) is 7.19. The van der Waals surface area contributed by atoms with Crippen LogP contribution in [0.3, 0.4) is 0 Å². The first-order valence-electron chi connectivity index (χ1n) is 10.1. The first-order valence-corrected chi connectivity index (χ1v) is 10.1. The maximum absolute atomic E-state index is 12.4. The van der Waals surface area contributed by atoms with Gasteiger partial charge in [0.2, 0.25) is 5.91 Å². The van der Waals surface area contributed by atoms with Crippen molar-refractivity contribution in [3.8, 4) is 0 Å². The molecule has 2 aromatic carbocycles. The molecule has 0 spiro atoms. The molecule has 7 nitrogen and oxygen atoms in total. The summed E-state index contributed by atoms with van der Waals surface area (Å²) < 4.78 is 0. The molecule has 3 rings (SSSR count). The minimum atomic E-state index is -0.388. The number of hydrogen-bond acceptors (Lipinski definition) is 5. The molecule has 1 atom stereocenters. The van der Waals surface area contributed by atoms with Crippen LogP contribution in [0.1, 0.15) is 24.8 Å². The number of amides is 1. The van der Waals surface area contributed by atoms with E-state index in [2.05, 4.69) is 34.2 Å². The van der Waals surface area contributed by atoms with E-state index in [1.54, 1.807) is 12.1 Å². The number of benzene rings is 2. The molecule has 0 aliphatic carbocycles. The van der Waals surface area contributed by atoms with Gasteiger partial charge < -0.3 is 10.2 Å². The van der Waals surface area contributed by atoms with Crippen molar-refractivity contribution in [3.63, 3.8) is 0 Å². The highest BCUT2D eigenvalue weighted by molar-refractivity contribution is 5.78. The van der Waals surface area contributed by atoms with Gasteiger partial charge in [0.15, 0.2) is 0 Å². The van der Waals surface area contributed by atoms with Crippen molar-refractivity contribution in [3.05, 3.63) is 70.3 Å². The largest absolute Gasteiger partial charge is 0.369 e. The van der Waals surface area contributed by atoms with E-state index in [1.165, 1.54) is 17.7 Å². The van der Waals surface area contributed by atoms with Crippen molar-refractivity contribution >= 4 is 17.3 Å². The van der Waals surface area contributed by atoms with Crippen LogP contribution < -0.4 is 10.2 Å². The molecule has 0 unspecified atom stereocenters. The van der Waals surface area contributed by atoms with Crippen LogP contribution in [0.4, 0.5) is 11.4 Å². The number of nitrogens with zero attached hydrogens (tertiary/aromatic N) is 3. The van der Waals surface area contributed by atoms with Crippen LogP contribution in [0.2, 0.25) is 0 Å². The zero-order chi connectivity index (χ0) is 20.6. The third-order valence-corrected chi connectivity index (χ3v) is 5.47. The molecule has 154 valence electrons. The zero-order valence-corrected chi connectivity index (χ0v) is 16.8. The Balaban J connectivity index is 1.43. The van der Waals surface area contributed by atoms with Gasteiger partial charge in [-0.05, 0) is 24.1 Å². The number of nitro benzene ring substituents is 1. The molecule has 1 N–H and O–H groups in total. The summed E-state index contributed by atoms with van der Waals surface area (Å²) in [5, 5.41) is 13.9. The Labute approximate surface area is 171 Å². The van der Waals surface area contributed by atoms with E-state index in [1.807, 2.05) is 18.2 Å². The fourth-order valence-corrected chi connectivity index (χ4v) is 3.67. The summed E-state index contributed by atoms with van der Waals surface area (Å²) >= 11 is 0. The number of rotatable bonds is 8. The van der Waals surface area contributed by atoms with Crippen molar-refractivity contribution < 1.29 is 9.72 Å². The lowest BCUT2D eigenvalue weighted by molar-refractivity contribution is -0.384. The second-order valence-electron chi connectivity index (χ2n) is 7.36. The van der Waals surface area contributed by atoms with Gasteiger partial charge in [-0.1, -0.05) is 37.3 Å². The third kappa shape index (κ3) is 5.77. The Morgan fingerprint density at radius 3 is 2.31 bits per heavy atom. The van der Waals surface area contributed by atoms with Gasteiger partial charge in [0, 0.05) is 56.5 Å². The van der Waals surface area contributed by atoms with Crippen LogP contribution in [0.5, 0.6) is 0 Å². The summed E-state index contributed by atoms with van der Waals surface area (Å²) in [5.41, 5.74) is 2.34. The summed E-state index contributed by atoms with van der Waals surface area (Å²) in [6.07, 6.45) is 0.984. The van der Waals surface area contributed by atoms with E-state index >= 15 is 0 Å². The molecular formula is C22H28N4O3. The number of piperazine rings is 1. The molecule has 0 bridgehead atoms.